The molecule has 0 spiro atoms. The number of rotatable bonds is 9. The van der Waals surface area contributed by atoms with Crippen molar-refractivity contribution in [2.24, 2.45) is 0 Å². The number of alkyl halides is 3. The maximum Gasteiger partial charge on any atom is 0.416 e. The minimum atomic E-state index is -4.39. The number of esters is 2. The van der Waals surface area contributed by atoms with Crippen molar-refractivity contribution >= 4 is 23.3 Å². The summed E-state index contributed by atoms with van der Waals surface area (Å²) in [6.45, 7) is 3.69. The third-order valence-corrected chi connectivity index (χ3v) is 4.01. The first kappa shape index (κ1) is 23.8. The van der Waals surface area contributed by atoms with Crippen LogP contribution in [0.5, 0.6) is 0 Å². The number of hydrogen-bond acceptors (Lipinski definition) is 6. The minimum Gasteiger partial charge on any atom is -0.462 e. The molecule has 0 amide bonds. The number of halogens is 3. The van der Waals surface area contributed by atoms with E-state index >= 15 is 0 Å². The third-order valence-electron chi connectivity index (χ3n) is 4.01. The molecule has 0 radical (unpaired) electrons. The molecule has 0 unspecified atom stereocenters. The van der Waals surface area contributed by atoms with E-state index in [2.05, 4.69) is 10.6 Å². The number of hydrogen-bond donors (Lipinski definition) is 2. The number of ether oxygens (including phenoxy) is 2. The lowest BCUT2D eigenvalue weighted by Crippen LogP contribution is -2.19. The van der Waals surface area contributed by atoms with Crippen molar-refractivity contribution in [3.05, 3.63) is 71.4 Å². The second-order valence-corrected chi connectivity index (χ2v) is 6.27. The van der Waals surface area contributed by atoms with Gasteiger partial charge in [0.2, 0.25) is 0 Å². The molecule has 0 fully saturated rings. The molecular formula is C22H23F3N2O4. The fraction of sp³-hybridized carbons (Fsp3) is 0.273. The van der Waals surface area contributed by atoms with Gasteiger partial charge in [0.25, 0.3) is 0 Å². The molecular weight excluding hydrogens is 413 g/mol. The van der Waals surface area contributed by atoms with E-state index < -0.39 is 23.7 Å². The summed E-state index contributed by atoms with van der Waals surface area (Å²) >= 11 is 0. The van der Waals surface area contributed by atoms with Crippen LogP contribution < -0.4 is 10.6 Å². The van der Waals surface area contributed by atoms with E-state index in [0.29, 0.717) is 16.9 Å². The van der Waals surface area contributed by atoms with E-state index in [-0.39, 0.29) is 25.3 Å². The Balaban J connectivity index is 2.02. The molecule has 0 bridgehead atoms. The van der Waals surface area contributed by atoms with Crippen molar-refractivity contribution in [2.45, 2.75) is 26.6 Å². The Morgan fingerprint density at radius 1 is 0.935 bits per heavy atom. The first-order chi connectivity index (χ1) is 14.7. The van der Waals surface area contributed by atoms with Gasteiger partial charge in [-0.05, 0) is 55.8 Å². The van der Waals surface area contributed by atoms with Gasteiger partial charge in [-0.25, -0.2) is 9.59 Å². The molecule has 31 heavy (non-hydrogen) atoms. The Labute approximate surface area is 178 Å². The third kappa shape index (κ3) is 7.36. The predicted octanol–water partition coefficient (Wildman–Crippen LogP) is 4.74. The van der Waals surface area contributed by atoms with Gasteiger partial charge in [-0.15, -0.1) is 0 Å². The van der Waals surface area contributed by atoms with Gasteiger partial charge in [0.05, 0.1) is 18.8 Å². The zero-order valence-corrected chi connectivity index (χ0v) is 17.1. The highest BCUT2D eigenvalue weighted by atomic mass is 19.4. The van der Waals surface area contributed by atoms with Crippen LogP contribution in [0.3, 0.4) is 0 Å². The van der Waals surface area contributed by atoms with Crippen LogP contribution in [0.4, 0.5) is 24.5 Å². The molecule has 0 aliphatic rings. The van der Waals surface area contributed by atoms with Crippen LogP contribution in [0.15, 0.2) is 60.3 Å². The first-order valence-corrected chi connectivity index (χ1v) is 9.55. The van der Waals surface area contributed by atoms with Gasteiger partial charge in [-0.1, -0.05) is 12.1 Å². The lowest BCUT2D eigenvalue weighted by molar-refractivity contribution is -0.146. The summed E-state index contributed by atoms with van der Waals surface area (Å²) in [6.07, 6.45) is -3.18. The van der Waals surface area contributed by atoms with Gasteiger partial charge >= 0.3 is 18.1 Å². The fourth-order valence-corrected chi connectivity index (χ4v) is 2.52. The largest absolute Gasteiger partial charge is 0.462 e. The Kier molecular flexibility index (Phi) is 8.48. The molecule has 0 aliphatic heterocycles. The van der Waals surface area contributed by atoms with Crippen LogP contribution in [-0.4, -0.2) is 25.2 Å². The van der Waals surface area contributed by atoms with Crippen molar-refractivity contribution < 1.29 is 32.2 Å². The topological polar surface area (TPSA) is 76.7 Å². The quantitative estimate of drug-likeness (QED) is 0.256. The van der Waals surface area contributed by atoms with E-state index in [0.717, 1.165) is 12.1 Å². The van der Waals surface area contributed by atoms with Crippen LogP contribution in [0, 0.1) is 0 Å². The predicted molar refractivity (Wildman–Crippen MR) is 110 cm³/mol. The molecule has 0 aliphatic carbocycles. The highest BCUT2D eigenvalue weighted by Crippen LogP contribution is 2.29. The van der Waals surface area contributed by atoms with E-state index in [1.807, 2.05) is 0 Å². The molecule has 0 aromatic heterocycles. The summed E-state index contributed by atoms with van der Waals surface area (Å²) < 4.78 is 48.1. The van der Waals surface area contributed by atoms with E-state index in [1.54, 1.807) is 44.2 Å². The molecule has 166 valence electrons. The SMILES string of the molecule is CCOC(=O)C(=CNc1ccc(NCc2cccc(C(F)(F)F)c2)cc1)C(=O)OCC. The molecule has 0 heterocycles. The summed E-state index contributed by atoms with van der Waals surface area (Å²) in [4.78, 5) is 23.9. The number of benzene rings is 2. The summed E-state index contributed by atoms with van der Waals surface area (Å²) in [7, 11) is 0. The highest BCUT2D eigenvalue weighted by Gasteiger charge is 2.30. The monoisotopic (exact) mass is 436 g/mol. The smallest absolute Gasteiger partial charge is 0.416 e. The van der Waals surface area contributed by atoms with Crippen molar-refractivity contribution in [1.29, 1.82) is 0 Å². The standard InChI is InChI=1S/C22H23F3N2O4/c1-3-30-20(28)19(21(29)31-4-2)14-27-18-10-8-17(9-11-18)26-13-15-6-5-7-16(12-15)22(23,24)25/h5-12,14,26-27H,3-4,13H2,1-2H3. The Morgan fingerprint density at radius 3 is 2.06 bits per heavy atom. The Morgan fingerprint density at radius 2 is 1.52 bits per heavy atom. The molecule has 2 aromatic carbocycles. The molecule has 0 saturated heterocycles. The Bertz CT molecular complexity index is 905. The van der Waals surface area contributed by atoms with Gasteiger partial charge in [0, 0.05) is 24.1 Å². The molecule has 2 aromatic rings. The van der Waals surface area contributed by atoms with E-state index in [1.165, 1.54) is 12.3 Å². The van der Waals surface area contributed by atoms with Crippen molar-refractivity contribution in [2.75, 3.05) is 23.8 Å². The van der Waals surface area contributed by atoms with E-state index in [4.69, 9.17) is 9.47 Å². The maximum absolute atomic E-state index is 12.8. The molecule has 0 saturated carbocycles. The van der Waals surface area contributed by atoms with Crippen molar-refractivity contribution in [3.63, 3.8) is 0 Å². The fourth-order valence-electron chi connectivity index (χ4n) is 2.52. The van der Waals surface area contributed by atoms with Crippen molar-refractivity contribution in [3.8, 4) is 0 Å². The van der Waals surface area contributed by atoms with Crippen LogP contribution >= 0.6 is 0 Å². The molecule has 2 rings (SSSR count). The lowest BCUT2D eigenvalue weighted by atomic mass is 10.1. The van der Waals surface area contributed by atoms with E-state index in [9.17, 15) is 22.8 Å². The van der Waals surface area contributed by atoms with Crippen molar-refractivity contribution in [1.82, 2.24) is 0 Å². The maximum atomic E-state index is 12.8. The van der Waals surface area contributed by atoms with Gasteiger partial charge in [0.15, 0.2) is 5.57 Å². The Hall–Kier alpha value is -3.49. The second-order valence-electron chi connectivity index (χ2n) is 6.27. The first-order valence-electron chi connectivity index (χ1n) is 9.55. The van der Waals surface area contributed by atoms with Crippen LogP contribution in [0.25, 0.3) is 0 Å². The van der Waals surface area contributed by atoms with Gasteiger partial charge < -0.3 is 20.1 Å². The molecule has 0 atom stereocenters. The van der Waals surface area contributed by atoms with Gasteiger partial charge in [-0.3, -0.25) is 0 Å². The van der Waals surface area contributed by atoms with Crippen LogP contribution in [0.1, 0.15) is 25.0 Å². The number of nitrogens with one attached hydrogen (secondary N) is 2. The number of anilines is 2. The minimum absolute atomic E-state index is 0.113. The summed E-state index contributed by atoms with van der Waals surface area (Å²) in [5.74, 6) is -1.60. The number of carbonyl (C=O) groups excluding carboxylic acids is 2. The highest BCUT2D eigenvalue weighted by molar-refractivity contribution is 6.14. The van der Waals surface area contributed by atoms with Crippen LogP contribution in [0.2, 0.25) is 0 Å². The van der Waals surface area contributed by atoms with Crippen LogP contribution in [-0.2, 0) is 31.8 Å². The molecule has 2 N–H and O–H groups in total. The van der Waals surface area contributed by atoms with Gasteiger partial charge in [0.1, 0.15) is 0 Å². The second kappa shape index (κ2) is 11.1. The zero-order chi connectivity index (χ0) is 22.9. The summed E-state index contributed by atoms with van der Waals surface area (Å²) in [5, 5.41) is 5.87. The average molecular weight is 436 g/mol. The molecule has 6 nitrogen and oxygen atoms in total. The average Bonchev–Trinajstić information content (AvgIpc) is 2.73. The number of carbonyl (C=O) groups is 2. The van der Waals surface area contributed by atoms with Gasteiger partial charge in [-0.2, -0.15) is 13.2 Å². The normalized spacial score (nSPS) is 10.7. The lowest BCUT2D eigenvalue weighted by Gasteiger charge is -2.11. The molecule has 9 heteroatoms. The zero-order valence-electron chi connectivity index (χ0n) is 17.1. The summed E-state index contributed by atoms with van der Waals surface area (Å²) in [6, 6.07) is 11.9. The summed E-state index contributed by atoms with van der Waals surface area (Å²) in [5.41, 5.74) is 0.791.